The first-order chi connectivity index (χ1) is 10.7. The zero-order valence-corrected chi connectivity index (χ0v) is 13.5. The molecule has 1 aromatic carbocycles. The molecule has 0 unspecified atom stereocenters. The third-order valence-corrected chi connectivity index (χ3v) is 4.78. The molecule has 0 bridgehead atoms. The number of rotatable bonds is 4. The van der Waals surface area contributed by atoms with Gasteiger partial charge in [-0.15, -0.1) is 0 Å². The second-order valence-corrected chi connectivity index (χ2v) is 6.28. The van der Waals surface area contributed by atoms with Crippen molar-refractivity contribution >= 4 is 11.6 Å². The molecule has 1 saturated carbocycles. The topological polar surface area (TPSA) is 47.3 Å². The van der Waals surface area contributed by atoms with E-state index in [4.69, 9.17) is 16.3 Å². The number of aliphatic hydroxyl groups is 1. The number of aromatic nitrogens is 2. The van der Waals surface area contributed by atoms with Crippen LogP contribution >= 0.6 is 11.6 Å². The highest BCUT2D eigenvalue weighted by molar-refractivity contribution is 6.32. The fourth-order valence-electron chi connectivity index (χ4n) is 3.32. The van der Waals surface area contributed by atoms with Gasteiger partial charge in [-0.25, -0.2) is 4.98 Å². The lowest BCUT2D eigenvalue weighted by molar-refractivity contribution is 0.163. The van der Waals surface area contributed by atoms with Crippen molar-refractivity contribution in [2.45, 2.75) is 31.7 Å². The van der Waals surface area contributed by atoms with Crippen LogP contribution in [0.3, 0.4) is 0 Å². The summed E-state index contributed by atoms with van der Waals surface area (Å²) in [6, 6.07) is 6.14. The lowest BCUT2D eigenvalue weighted by atomic mass is 9.86. The zero-order chi connectivity index (χ0) is 15.5. The highest BCUT2D eigenvalue weighted by Gasteiger charge is 2.24. The Hall–Kier alpha value is -1.52. The first-order valence-corrected chi connectivity index (χ1v) is 8.08. The summed E-state index contributed by atoms with van der Waals surface area (Å²) >= 11 is 6.24. The van der Waals surface area contributed by atoms with Crippen molar-refractivity contribution in [1.29, 1.82) is 0 Å². The summed E-state index contributed by atoms with van der Waals surface area (Å²) in [6.07, 6.45) is 8.25. The number of hydrogen-bond donors (Lipinski definition) is 1. The van der Waals surface area contributed by atoms with Crippen molar-refractivity contribution < 1.29 is 9.84 Å². The minimum atomic E-state index is 0.273. The van der Waals surface area contributed by atoms with Crippen molar-refractivity contribution in [3.8, 4) is 17.1 Å². The molecule has 1 fully saturated rings. The lowest BCUT2D eigenvalue weighted by Crippen LogP contribution is -2.21. The van der Waals surface area contributed by atoms with E-state index in [0.717, 1.165) is 37.1 Å². The molecule has 0 saturated heterocycles. The van der Waals surface area contributed by atoms with Gasteiger partial charge in [-0.3, -0.25) is 0 Å². The van der Waals surface area contributed by atoms with Crippen LogP contribution in [0.1, 0.15) is 31.7 Å². The minimum absolute atomic E-state index is 0.273. The molecule has 0 amide bonds. The van der Waals surface area contributed by atoms with Crippen molar-refractivity contribution in [2.75, 3.05) is 13.7 Å². The molecule has 0 radical (unpaired) electrons. The predicted octanol–water partition coefficient (Wildman–Crippen LogP) is 3.94. The number of nitrogens with zero attached hydrogens (tertiary/aromatic N) is 2. The molecule has 4 nitrogen and oxygen atoms in total. The van der Waals surface area contributed by atoms with Crippen LogP contribution in [0.25, 0.3) is 11.4 Å². The fourth-order valence-corrected chi connectivity index (χ4v) is 3.58. The van der Waals surface area contributed by atoms with Crippen LogP contribution in [0.15, 0.2) is 30.6 Å². The van der Waals surface area contributed by atoms with Crippen LogP contribution in [0.2, 0.25) is 5.02 Å². The fraction of sp³-hybridized carbons (Fsp3) is 0.471. The van der Waals surface area contributed by atoms with Gasteiger partial charge in [-0.1, -0.05) is 18.0 Å². The maximum atomic E-state index is 9.43. The first-order valence-electron chi connectivity index (χ1n) is 7.70. The van der Waals surface area contributed by atoms with Gasteiger partial charge in [0, 0.05) is 30.6 Å². The Kier molecular flexibility index (Phi) is 4.69. The normalized spacial score (nSPS) is 21.8. The van der Waals surface area contributed by atoms with Crippen molar-refractivity contribution in [3.63, 3.8) is 0 Å². The zero-order valence-electron chi connectivity index (χ0n) is 12.7. The van der Waals surface area contributed by atoms with Gasteiger partial charge >= 0.3 is 0 Å². The third-order valence-electron chi connectivity index (χ3n) is 4.49. The summed E-state index contributed by atoms with van der Waals surface area (Å²) in [6.45, 7) is 0.273. The van der Waals surface area contributed by atoms with Gasteiger partial charge in [-0.2, -0.15) is 0 Å². The standard InChI is InChI=1S/C17H21ClN2O2/c1-22-16-6-5-13(10-15(16)18)17-19-7-8-20(17)14-4-2-3-12(9-14)11-21/h5-8,10,12,14,21H,2-4,9,11H2,1H3/t12-,14+/m0/s1. The molecule has 2 atom stereocenters. The Morgan fingerprint density at radius 1 is 1.41 bits per heavy atom. The molecule has 0 spiro atoms. The van der Waals surface area contributed by atoms with Crippen molar-refractivity contribution in [2.24, 2.45) is 5.92 Å². The number of benzene rings is 1. The van der Waals surface area contributed by atoms with Gasteiger partial charge in [0.15, 0.2) is 0 Å². The molecule has 1 aromatic heterocycles. The van der Waals surface area contributed by atoms with E-state index in [2.05, 4.69) is 9.55 Å². The van der Waals surface area contributed by atoms with Gasteiger partial charge in [0.2, 0.25) is 0 Å². The molecule has 1 heterocycles. The summed E-state index contributed by atoms with van der Waals surface area (Å²) in [5.41, 5.74) is 0.988. The highest BCUT2D eigenvalue weighted by atomic mass is 35.5. The van der Waals surface area contributed by atoms with E-state index >= 15 is 0 Å². The van der Waals surface area contributed by atoms with E-state index in [1.165, 1.54) is 0 Å². The number of ether oxygens (including phenoxy) is 1. The van der Waals surface area contributed by atoms with Gasteiger partial charge < -0.3 is 14.4 Å². The molecule has 2 aromatic rings. The molecule has 5 heteroatoms. The quantitative estimate of drug-likeness (QED) is 0.928. The number of halogens is 1. The molecule has 0 aliphatic heterocycles. The van der Waals surface area contributed by atoms with Gasteiger partial charge in [-0.05, 0) is 43.4 Å². The average Bonchev–Trinajstić information content (AvgIpc) is 3.04. The summed E-state index contributed by atoms with van der Waals surface area (Å²) in [7, 11) is 1.61. The van der Waals surface area contributed by atoms with E-state index in [0.29, 0.717) is 22.7 Å². The number of aliphatic hydroxyl groups excluding tert-OH is 1. The van der Waals surface area contributed by atoms with E-state index in [-0.39, 0.29) is 6.61 Å². The van der Waals surface area contributed by atoms with E-state index in [9.17, 15) is 5.11 Å². The maximum absolute atomic E-state index is 9.43. The monoisotopic (exact) mass is 320 g/mol. The SMILES string of the molecule is COc1ccc(-c2nccn2[C@@H]2CCC[C@H](CO)C2)cc1Cl. The maximum Gasteiger partial charge on any atom is 0.140 e. The molecular weight excluding hydrogens is 300 g/mol. The van der Waals surface area contributed by atoms with E-state index in [1.807, 2.05) is 30.6 Å². The number of hydrogen-bond acceptors (Lipinski definition) is 3. The second-order valence-electron chi connectivity index (χ2n) is 5.88. The largest absolute Gasteiger partial charge is 0.495 e. The average molecular weight is 321 g/mol. The molecule has 3 rings (SSSR count). The third kappa shape index (κ3) is 2.99. The lowest BCUT2D eigenvalue weighted by Gasteiger charge is -2.30. The minimum Gasteiger partial charge on any atom is -0.495 e. The molecular formula is C17H21ClN2O2. The van der Waals surface area contributed by atoms with Gasteiger partial charge in [0.25, 0.3) is 0 Å². The number of imidazole rings is 1. The van der Waals surface area contributed by atoms with Crippen molar-refractivity contribution in [1.82, 2.24) is 9.55 Å². The van der Waals surface area contributed by atoms with E-state index < -0.39 is 0 Å². The number of methoxy groups -OCH3 is 1. The Labute approximate surface area is 135 Å². The van der Waals surface area contributed by atoms with Gasteiger partial charge in [0.05, 0.1) is 12.1 Å². The van der Waals surface area contributed by atoms with Crippen LogP contribution in [-0.4, -0.2) is 28.4 Å². The van der Waals surface area contributed by atoms with E-state index in [1.54, 1.807) is 7.11 Å². The molecule has 1 N–H and O–H groups in total. The first kappa shape index (κ1) is 15.4. The Bertz CT molecular complexity index is 641. The van der Waals surface area contributed by atoms with Crippen molar-refractivity contribution in [3.05, 3.63) is 35.6 Å². The van der Waals surface area contributed by atoms with Crippen LogP contribution in [-0.2, 0) is 0 Å². The molecule has 1 aliphatic rings. The van der Waals surface area contributed by atoms with Crippen LogP contribution in [0.4, 0.5) is 0 Å². The summed E-state index contributed by atoms with van der Waals surface area (Å²) in [4.78, 5) is 4.51. The highest BCUT2D eigenvalue weighted by Crippen LogP contribution is 2.36. The molecule has 1 aliphatic carbocycles. The molecule has 22 heavy (non-hydrogen) atoms. The molecule has 118 valence electrons. The predicted molar refractivity (Wildman–Crippen MR) is 87.3 cm³/mol. The Balaban J connectivity index is 1.90. The summed E-state index contributed by atoms with van der Waals surface area (Å²) < 4.78 is 7.43. The van der Waals surface area contributed by atoms with Gasteiger partial charge in [0.1, 0.15) is 11.6 Å². The van der Waals surface area contributed by atoms with Crippen LogP contribution in [0, 0.1) is 5.92 Å². The van der Waals surface area contributed by atoms with Crippen LogP contribution < -0.4 is 4.74 Å². The summed E-state index contributed by atoms with van der Waals surface area (Å²) in [5, 5.41) is 10.0. The Morgan fingerprint density at radius 3 is 3.00 bits per heavy atom. The van der Waals surface area contributed by atoms with Crippen LogP contribution in [0.5, 0.6) is 5.75 Å². The Morgan fingerprint density at radius 2 is 2.27 bits per heavy atom. The summed E-state index contributed by atoms with van der Waals surface area (Å²) in [5.74, 6) is 1.99. The smallest absolute Gasteiger partial charge is 0.140 e. The second kappa shape index (κ2) is 6.71.